The van der Waals surface area contributed by atoms with Crippen molar-refractivity contribution >= 4 is 11.0 Å². The molecular weight excluding hydrogens is 214 g/mol. The monoisotopic (exact) mass is 231 g/mol. The molecule has 0 amide bonds. The summed E-state index contributed by atoms with van der Waals surface area (Å²) in [4.78, 5) is 0. The molecule has 2 N–H and O–H groups in total. The fraction of sp³-hybridized carbons (Fsp3) is 0.286. The quantitative estimate of drug-likeness (QED) is 0.614. The van der Waals surface area contributed by atoms with Crippen LogP contribution in [0.5, 0.6) is 0 Å². The van der Waals surface area contributed by atoms with E-state index < -0.39 is 0 Å². The Morgan fingerprint density at radius 2 is 2.18 bits per heavy atom. The summed E-state index contributed by atoms with van der Waals surface area (Å²) < 4.78 is 11.3. The molecule has 17 heavy (non-hydrogen) atoms. The number of benzene rings is 1. The van der Waals surface area contributed by atoms with Gasteiger partial charge in [-0.1, -0.05) is 24.3 Å². The summed E-state index contributed by atoms with van der Waals surface area (Å²) in [5.74, 6) is 0.831. The summed E-state index contributed by atoms with van der Waals surface area (Å²) in [5.41, 5.74) is 7.67. The second-order valence-electron chi connectivity index (χ2n) is 3.83. The van der Waals surface area contributed by atoms with Crippen molar-refractivity contribution in [2.75, 3.05) is 6.61 Å². The topological polar surface area (TPSA) is 48.4 Å². The van der Waals surface area contributed by atoms with Gasteiger partial charge >= 0.3 is 0 Å². The van der Waals surface area contributed by atoms with Crippen molar-refractivity contribution in [2.45, 2.75) is 19.6 Å². The second-order valence-corrected chi connectivity index (χ2v) is 3.83. The Labute approximate surface area is 101 Å². The SMILES string of the molecule is C=CCCOCc1oc2ccccc2c1CN. The third-order valence-electron chi connectivity index (χ3n) is 2.69. The van der Waals surface area contributed by atoms with Crippen molar-refractivity contribution in [3.63, 3.8) is 0 Å². The van der Waals surface area contributed by atoms with Crippen molar-refractivity contribution in [2.24, 2.45) is 5.73 Å². The largest absolute Gasteiger partial charge is 0.458 e. The number of fused-ring (bicyclic) bond motifs is 1. The number of rotatable bonds is 6. The highest BCUT2D eigenvalue weighted by molar-refractivity contribution is 5.82. The highest BCUT2D eigenvalue weighted by atomic mass is 16.5. The highest BCUT2D eigenvalue weighted by Crippen LogP contribution is 2.25. The summed E-state index contributed by atoms with van der Waals surface area (Å²) in [5, 5.41) is 1.08. The molecule has 0 fully saturated rings. The van der Waals surface area contributed by atoms with Crippen LogP contribution in [0, 0.1) is 0 Å². The van der Waals surface area contributed by atoms with Crippen LogP contribution in [0.4, 0.5) is 0 Å². The van der Waals surface area contributed by atoms with Gasteiger partial charge < -0.3 is 14.9 Å². The predicted octanol–water partition coefficient (Wildman–Crippen LogP) is 2.98. The molecule has 0 aliphatic heterocycles. The van der Waals surface area contributed by atoms with E-state index in [0.717, 1.165) is 28.7 Å². The van der Waals surface area contributed by atoms with E-state index in [9.17, 15) is 0 Å². The van der Waals surface area contributed by atoms with Gasteiger partial charge in [-0.15, -0.1) is 6.58 Å². The Kier molecular flexibility index (Phi) is 3.96. The molecule has 90 valence electrons. The van der Waals surface area contributed by atoms with Gasteiger partial charge in [-0.05, 0) is 12.5 Å². The fourth-order valence-corrected chi connectivity index (χ4v) is 1.82. The van der Waals surface area contributed by atoms with Gasteiger partial charge in [-0.25, -0.2) is 0 Å². The van der Waals surface area contributed by atoms with Crippen LogP contribution < -0.4 is 5.73 Å². The number of hydrogen-bond donors (Lipinski definition) is 1. The average Bonchev–Trinajstić information content (AvgIpc) is 2.72. The molecule has 1 aromatic heterocycles. The Bertz CT molecular complexity index is 502. The molecule has 2 rings (SSSR count). The van der Waals surface area contributed by atoms with E-state index in [1.54, 1.807) is 0 Å². The lowest BCUT2D eigenvalue weighted by Gasteiger charge is -2.01. The average molecular weight is 231 g/mol. The summed E-state index contributed by atoms with van der Waals surface area (Å²) in [6, 6.07) is 7.91. The molecule has 2 aromatic rings. The lowest BCUT2D eigenvalue weighted by atomic mass is 10.1. The Balaban J connectivity index is 2.18. The van der Waals surface area contributed by atoms with E-state index in [2.05, 4.69) is 6.58 Å². The van der Waals surface area contributed by atoms with Crippen molar-refractivity contribution in [1.29, 1.82) is 0 Å². The first kappa shape index (κ1) is 11.9. The molecule has 0 spiro atoms. The van der Waals surface area contributed by atoms with Crippen LogP contribution in [0.15, 0.2) is 41.3 Å². The molecule has 3 nitrogen and oxygen atoms in total. The fourth-order valence-electron chi connectivity index (χ4n) is 1.82. The standard InChI is InChI=1S/C14H17NO2/c1-2-3-8-16-10-14-12(9-15)11-6-4-5-7-13(11)17-14/h2,4-7H,1,3,8-10,15H2. The first-order valence-electron chi connectivity index (χ1n) is 5.74. The number of para-hydroxylation sites is 1. The smallest absolute Gasteiger partial charge is 0.135 e. The zero-order valence-corrected chi connectivity index (χ0v) is 9.82. The first-order chi connectivity index (χ1) is 8.36. The minimum Gasteiger partial charge on any atom is -0.458 e. The molecule has 1 heterocycles. The summed E-state index contributed by atoms with van der Waals surface area (Å²) in [6.45, 7) is 5.24. The highest BCUT2D eigenvalue weighted by Gasteiger charge is 2.11. The third kappa shape index (κ3) is 2.57. The normalized spacial score (nSPS) is 10.9. The summed E-state index contributed by atoms with van der Waals surface area (Å²) >= 11 is 0. The van der Waals surface area contributed by atoms with Gasteiger partial charge in [0.15, 0.2) is 0 Å². The minimum absolute atomic E-state index is 0.467. The summed E-state index contributed by atoms with van der Waals surface area (Å²) in [6.07, 6.45) is 2.68. The Hall–Kier alpha value is -1.58. The molecule has 0 unspecified atom stereocenters. The number of hydrogen-bond acceptors (Lipinski definition) is 3. The maximum absolute atomic E-state index is 5.76. The number of furan rings is 1. The van der Waals surface area contributed by atoms with E-state index in [-0.39, 0.29) is 0 Å². The van der Waals surface area contributed by atoms with E-state index in [1.807, 2.05) is 30.3 Å². The molecular formula is C14H17NO2. The maximum atomic E-state index is 5.76. The number of nitrogens with two attached hydrogens (primary N) is 1. The zero-order valence-electron chi connectivity index (χ0n) is 9.82. The molecule has 0 radical (unpaired) electrons. The van der Waals surface area contributed by atoms with Crippen molar-refractivity contribution in [1.82, 2.24) is 0 Å². The predicted molar refractivity (Wildman–Crippen MR) is 68.6 cm³/mol. The Morgan fingerprint density at radius 3 is 2.94 bits per heavy atom. The van der Waals surface area contributed by atoms with Crippen molar-refractivity contribution < 1.29 is 9.15 Å². The van der Waals surface area contributed by atoms with Crippen LogP contribution in [-0.2, 0) is 17.9 Å². The lowest BCUT2D eigenvalue weighted by Crippen LogP contribution is -2.01. The molecule has 0 saturated carbocycles. The van der Waals surface area contributed by atoms with Gasteiger partial charge in [0.05, 0.1) is 6.61 Å². The van der Waals surface area contributed by atoms with Gasteiger partial charge in [0.1, 0.15) is 18.0 Å². The van der Waals surface area contributed by atoms with Crippen LogP contribution in [0.25, 0.3) is 11.0 Å². The van der Waals surface area contributed by atoms with E-state index in [0.29, 0.717) is 19.8 Å². The first-order valence-corrected chi connectivity index (χ1v) is 5.74. The van der Waals surface area contributed by atoms with Gasteiger partial charge in [0.25, 0.3) is 0 Å². The van der Waals surface area contributed by atoms with E-state index >= 15 is 0 Å². The van der Waals surface area contributed by atoms with Gasteiger partial charge in [0.2, 0.25) is 0 Å². The van der Waals surface area contributed by atoms with Crippen LogP contribution in [-0.4, -0.2) is 6.61 Å². The van der Waals surface area contributed by atoms with Gasteiger partial charge in [-0.3, -0.25) is 0 Å². The van der Waals surface area contributed by atoms with Crippen molar-refractivity contribution in [3.8, 4) is 0 Å². The van der Waals surface area contributed by atoms with Gasteiger partial charge in [-0.2, -0.15) is 0 Å². The molecule has 0 atom stereocenters. The Morgan fingerprint density at radius 1 is 1.35 bits per heavy atom. The van der Waals surface area contributed by atoms with Crippen LogP contribution >= 0.6 is 0 Å². The van der Waals surface area contributed by atoms with Crippen LogP contribution in [0.2, 0.25) is 0 Å². The second kappa shape index (κ2) is 5.66. The molecule has 0 aliphatic carbocycles. The van der Waals surface area contributed by atoms with Crippen LogP contribution in [0.1, 0.15) is 17.7 Å². The zero-order chi connectivity index (χ0) is 12.1. The molecule has 0 aliphatic rings. The van der Waals surface area contributed by atoms with E-state index in [1.165, 1.54) is 0 Å². The molecule has 0 saturated heterocycles. The summed E-state index contributed by atoms with van der Waals surface area (Å²) in [7, 11) is 0. The van der Waals surface area contributed by atoms with Crippen molar-refractivity contribution in [3.05, 3.63) is 48.2 Å². The van der Waals surface area contributed by atoms with Gasteiger partial charge in [0, 0.05) is 17.5 Å². The molecule has 0 bridgehead atoms. The van der Waals surface area contributed by atoms with E-state index in [4.69, 9.17) is 14.9 Å². The number of ether oxygens (including phenoxy) is 1. The third-order valence-corrected chi connectivity index (χ3v) is 2.69. The molecule has 1 aromatic carbocycles. The minimum atomic E-state index is 0.467. The lowest BCUT2D eigenvalue weighted by molar-refractivity contribution is 0.111. The molecule has 3 heteroatoms. The maximum Gasteiger partial charge on any atom is 0.135 e. The van der Waals surface area contributed by atoms with Crippen LogP contribution in [0.3, 0.4) is 0 Å².